The topological polar surface area (TPSA) is 34.2 Å². The van der Waals surface area contributed by atoms with Gasteiger partial charge in [-0.15, -0.1) is 0 Å². The van der Waals surface area contributed by atoms with Crippen LogP contribution in [-0.4, -0.2) is 24.7 Å². The Labute approximate surface area is 110 Å². The molecular formula is C15H24N2O. The fraction of sp³-hybridized carbons (Fsp3) is 0.667. The minimum Gasteiger partial charge on any atom is -0.379 e. The zero-order valence-electron chi connectivity index (χ0n) is 11.6. The molecule has 100 valence electrons. The van der Waals surface area contributed by atoms with Gasteiger partial charge in [0.2, 0.25) is 0 Å². The fourth-order valence-corrected chi connectivity index (χ4v) is 2.50. The highest BCUT2D eigenvalue weighted by Gasteiger charge is 2.37. The Hall–Kier alpha value is -0.930. The van der Waals surface area contributed by atoms with Gasteiger partial charge in [-0.25, -0.2) is 0 Å². The van der Waals surface area contributed by atoms with Crippen molar-refractivity contribution < 1.29 is 4.74 Å². The zero-order valence-corrected chi connectivity index (χ0v) is 11.6. The van der Waals surface area contributed by atoms with Crippen LogP contribution in [0.3, 0.4) is 0 Å². The molecule has 0 bridgehead atoms. The van der Waals surface area contributed by atoms with Gasteiger partial charge >= 0.3 is 0 Å². The lowest BCUT2D eigenvalue weighted by atomic mass is 9.98. The highest BCUT2D eigenvalue weighted by Crippen LogP contribution is 2.39. The van der Waals surface area contributed by atoms with Crippen molar-refractivity contribution in [2.75, 3.05) is 13.7 Å². The second-order valence-electron chi connectivity index (χ2n) is 5.27. The van der Waals surface area contributed by atoms with Gasteiger partial charge in [-0.3, -0.25) is 4.98 Å². The quantitative estimate of drug-likeness (QED) is 0.805. The van der Waals surface area contributed by atoms with Crippen molar-refractivity contribution in [3.63, 3.8) is 0 Å². The summed E-state index contributed by atoms with van der Waals surface area (Å²) in [6, 6.07) is 2.49. The molecule has 1 saturated carbocycles. The van der Waals surface area contributed by atoms with Gasteiger partial charge in [-0.05, 0) is 49.8 Å². The number of pyridine rings is 1. The maximum Gasteiger partial charge on any atom is 0.0794 e. The molecule has 3 nitrogen and oxygen atoms in total. The summed E-state index contributed by atoms with van der Waals surface area (Å²) in [4.78, 5) is 4.31. The highest BCUT2D eigenvalue weighted by molar-refractivity contribution is 5.22. The normalized spacial score (nSPS) is 18.6. The van der Waals surface area contributed by atoms with E-state index in [1.165, 1.54) is 24.0 Å². The van der Waals surface area contributed by atoms with Crippen molar-refractivity contribution in [2.45, 2.75) is 45.3 Å². The van der Waals surface area contributed by atoms with Crippen molar-refractivity contribution in [3.05, 3.63) is 29.6 Å². The van der Waals surface area contributed by atoms with E-state index in [0.29, 0.717) is 5.92 Å². The Kier molecular flexibility index (Phi) is 4.72. The summed E-state index contributed by atoms with van der Waals surface area (Å²) in [5, 5.41) is 3.62. The van der Waals surface area contributed by atoms with E-state index in [9.17, 15) is 0 Å². The molecule has 0 aliphatic heterocycles. The predicted octanol–water partition coefficient (Wildman–Crippen LogP) is 2.86. The SMILES string of the molecule is CCCNC(c1cncc(C)c1)C(OC)C1CC1. The van der Waals surface area contributed by atoms with Gasteiger partial charge in [0.1, 0.15) is 0 Å². The minimum absolute atomic E-state index is 0.273. The minimum atomic E-state index is 0.273. The standard InChI is InChI=1S/C15H24N2O/c1-4-7-17-14(15(18-3)12-5-6-12)13-8-11(2)9-16-10-13/h8-10,12,14-15,17H,4-7H2,1-3H3. The second-order valence-corrected chi connectivity index (χ2v) is 5.27. The van der Waals surface area contributed by atoms with Crippen LogP contribution in [0, 0.1) is 12.8 Å². The predicted molar refractivity (Wildman–Crippen MR) is 73.5 cm³/mol. The van der Waals surface area contributed by atoms with Crippen LogP contribution in [0.2, 0.25) is 0 Å². The lowest BCUT2D eigenvalue weighted by molar-refractivity contribution is 0.0506. The Morgan fingerprint density at radius 2 is 2.22 bits per heavy atom. The molecule has 0 saturated heterocycles. The van der Waals surface area contributed by atoms with Gasteiger partial charge < -0.3 is 10.1 Å². The molecular weight excluding hydrogens is 224 g/mol. The van der Waals surface area contributed by atoms with E-state index in [-0.39, 0.29) is 12.1 Å². The Bertz CT molecular complexity index is 377. The Balaban J connectivity index is 2.17. The third-order valence-corrected chi connectivity index (χ3v) is 3.56. The van der Waals surface area contributed by atoms with Gasteiger partial charge in [0, 0.05) is 19.5 Å². The first-order valence-electron chi connectivity index (χ1n) is 6.94. The molecule has 3 heteroatoms. The third-order valence-electron chi connectivity index (χ3n) is 3.56. The van der Waals surface area contributed by atoms with Crippen molar-refractivity contribution in [1.29, 1.82) is 0 Å². The van der Waals surface area contributed by atoms with Crippen LogP contribution in [0.5, 0.6) is 0 Å². The summed E-state index contributed by atoms with van der Waals surface area (Å²) in [5.41, 5.74) is 2.46. The molecule has 18 heavy (non-hydrogen) atoms. The van der Waals surface area contributed by atoms with Gasteiger partial charge in [0.25, 0.3) is 0 Å². The van der Waals surface area contributed by atoms with E-state index in [2.05, 4.69) is 30.2 Å². The summed E-state index contributed by atoms with van der Waals surface area (Å²) < 4.78 is 5.74. The largest absolute Gasteiger partial charge is 0.379 e. The molecule has 1 aliphatic rings. The van der Waals surface area contributed by atoms with Crippen LogP contribution in [-0.2, 0) is 4.74 Å². The molecule has 1 heterocycles. The van der Waals surface area contributed by atoms with Crippen LogP contribution < -0.4 is 5.32 Å². The first-order chi connectivity index (χ1) is 8.76. The highest BCUT2D eigenvalue weighted by atomic mass is 16.5. The van der Waals surface area contributed by atoms with Gasteiger partial charge in [0.05, 0.1) is 12.1 Å². The number of aryl methyl sites for hydroxylation is 1. The molecule has 2 rings (SSSR count). The van der Waals surface area contributed by atoms with Crippen LogP contribution in [0.25, 0.3) is 0 Å². The first kappa shape index (κ1) is 13.5. The molecule has 0 aromatic carbocycles. The molecule has 2 atom stereocenters. The molecule has 1 N–H and O–H groups in total. The summed E-state index contributed by atoms with van der Waals surface area (Å²) in [5.74, 6) is 0.713. The van der Waals surface area contributed by atoms with Crippen molar-refractivity contribution in [3.8, 4) is 0 Å². The van der Waals surface area contributed by atoms with Gasteiger partial charge in [-0.1, -0.05) is 13.0 Å². The van der Waals surface area contributed by atoms with E-state index < -0.39 is 0 Å². The second kappa shape index (κ2) is 6.30. The maximum atomic E-state index is 5.74. The monoisotopic (exact) mass is 248 g/mol. The van der Waals surface area contributed by atoms with E-state index in [4.69, 9.17) is 4.74 Å². The number of nitrogens with zero attached hydrogens (tertiary/aromatic N) is 1. The molecule has 1 fully saturated rings. The van der Waals surface area contributed by atoms with Crippen LogP contribution in [0.4, 0.5) is 0 Å². The molecule has 2 unspecified atom stereocenters. The Morgan fingerprint density at radius 3 is 2.78 bits per heavy atom. The summed E-state index contributed by atoms with van der Waals surface area (Å²) in [7, 11) is 1.83. The number of hydrogen-bond acceptors (Lipinski definition) is 3. The first-order valence-corrected chi connectivity index (χ1v) is 6.94. The average Bonchev–Trinajstić information content (AvgIpc) is 3.18. The molecule has 0 radical (unpaired) electrons. The maximum absolute atomic E-state index is 5.74. The van der Waals surface area contributed by atoms with Crippen LogP contribution in [0.1, 0.15) is 43.4 Å². The van der Waals surface area contributed by atoms with Crippen LogP contribution >= 0.6 is 0 Å². The third kappa shape index (κ3) is 3.30. The number of aromatic nitrogens is 1. The zero-order chi connectivity index (χ0) is 13.0. The smallest absolute Gasteiger partial charge is 0.0794 e. The number of methoxy groups -OCH3 is 1. The fourth-order valence-electron chi connectivity index (χ4n) is 2.50. The molecule has 1 aromatic rings. The average molecular weight is 248 g/mol. The summed E-state index contributed by atoms with van der Waals surface area (Å²) in [6.07, 6.45) is 7.87. The van der Waals surface area contributed by atoms with E-state index in [1.807, 2.05) is 19.5 Å². The van der Waals surface area contributed by atoms with Crippen molar-refractivity contribution in [2.24, 2.45) is 5.92 Å². The number of rotatable bonds is 7. The van der Waals surface area contributed by atoms with Crippen LogP contribution in [0.15, 0.2) is 18.5 Å². The van der Waals surface area contributed by atoms with E-state index in [1.54, 1.807) is 0 Å². The lowest BCUT2D eigenvalue weighted by Gasteiger charge is -2.27. The molecule has 0 amide bonds. The number of hydrogen-bond donors (Lipinski definition) is 1. The van der Waals surface area contributed by atoms with E-state index >= 15 is 0 Å². The molecule has 0 spiro atoms. The van der Waals surface area contributed by atoms with E-state index in [0.717, 1.165) is 13.0 Å². The molecule has 1 aliphatic carbocycles. The van der Waals surface area contributed by atoms with Crippen molar-refractivity contribution in [1.82, 2.24) is 10.3 Å². The number of nitrogens with one attached hydrogen (secondary N) is 1. The molecule has 1 aromatic heterocycles. The van der Waals surface area contributed by atoms with Gasteiger partial charge in [-0.2, -0.15) is 0 Å². The summed E-state index contributed by atoms with van der Waals surface area (Å²) in [6.45, 7) is 5.30. The number of ether oxygens (including phenoxy) is 1. The Morgan fingerprint density at radius 1 is 1.44 bits per heavy atom. The lowest BCUT2D eigenvalue weighted by Crippen LogP contribution is -2.35. The van der Waals surface area contributed by atoms with Gasteiger partial charge in [0.15, 0.2) is 0 Å². The summed E-state index contributed by atoms with van der Waals surface area (Å²) >= 11 is 0. The van der Waals surface area contributed by atoms with Crippen molar-refractivity contribution >= 4 is 0 Å².